The molecule has 2 nitrogen and oxygen atoms in total. The van der Waals surface area contributed by atoms with Crippen molar-refractivity contribution in [3.8, 4) is 0 Å². The third-order valence-electron chi connectivity index (χ3n) is 3.66. The Bertz CT molecular complexity index is 395. The van der Waals surface area contributed by atoms with Crippen LogP contribution in [0.5, 0.6) is 0 Å². The van der Waals surface area contributed by atoms with Crippen LogP contribution in [0.25, 0.3) is 0 Å². The molecule has 0 amide bonds. The maximum absolute atomic E-state index is 4.08. The fourth-order valence-corrected chi connectivity index (χ4v) is 2.46. The summed E-state index contributed by atoms with van der Waals surface area (Å²) >= 11 is 1.84. The molecule has 0 saturated carbocycles. The van der Waals surface area contributed by atoms with Gasteiger partial charge >= 0.3 is 0 Å². The Morgan fingerprint density at radius 3 is 2.56 bits per heavy atom. The summed E-state index contributed by atoms with van der Waals surface area (Å²) in [7, 11) is 0. The van der Waals surface area contributed by atoms with Crippen molar-refractivity contribution >= 4 is 18.0 Å². The predicted molar refractivity (Wildman–Crippen MR) is 83.7 cm³/mol. The van der Waals surface area contributed by atoms with Crippen molar-refractivity contribution < 1.29 is 0 Å². The van der Waals surface area contributed by atoms with Crippen LogP contribution in [0.15, 0.2) is 40.5 Å². The van der Waals surface area contributed by atoms with Crippen LogP contribution in [-0.4, -0.2) is 12.0 Å². The minimum absolute atomic E-state index is 0.258. The van der Waals surface area contributed by atoms with Crippen molar-refractivity contribution in [3.05, 3.63) is 35.4 Å². The Morgan fingerprint density at radius 1 is 1.28 bits per heavy atom. The number of nitrogens with zero attached hydrogens (tertiary/aromatic N) is 1. The first-order valence-corrected chi connectivity index (χ1v) is 7.20. The summed E-state index contributed by atoms with van der Waals surface area (Å²) in [4.78, 5) is 1.15. The van der Waals surface area contributed by atoms with E-state index in [4.69, 9.17) is 0 Å². The fraction of sp³-hybridized carbons (Fsp3) is 0.533. The number of hydrazone groups is 1. The van der Waals surface area contributed by atoms with E-state index < -0.39 is 0 Å². The highest BCUT2D eigenvalue weighted by Crippen LogP contribution is 2.42. The second kappa shape index (κ2) is 5.79. The van der Waals surface area contributed by atoms with E-state index >= 15 is 0 Å². The van der Waals surface area contributed by atoms with Gasteiger partial charge in [-0.1, -0.05) is 47.3 Å². The molecular weight excluding hydrogens is 240 g/mol. The number of nitrogens with one attached hydrogen (secondary N) is 1. The van der Waals surface area contributed by atoms with Gasteiger partial charge in [-0.15, -0.1) is 11.8 Å². The highest BCUT2D eigenvalue weighted by atomic mass is 32.2. The highest BCUT2D eigenvalue weighted by Gasteiger charge is 2.32. The normalized spacial score (nSPS) is 20.5. The van der Waals surface area contributed by atoms with Gasteiger partial charge in [0.25, 0.3) is 0 Å². The predicted octanol–water partition coefficient (Wildman–Crippen LogP) is 4.33. The molecule has 0 atom stereocenters. The summed E-state index contributed by atoms with van der Waals surface area (Å²) in [5.41, 5.74) is 4.49. The number of allylic oxidation sites excluding steroid dienone is 3. The largest absolute Gasteiger partial charge is 0.285 e. The van der Waals surface area contributed by atoms with Gasteiger partial charge in [0.1, 0.15) is 0 Å². The lowest BCUT2D eigenvalue weighted by Crippen LogP contribution is -2.32. The summed E-state index contributed by atoms with van der Waals surface area (Å²) in [6.07, 6.45) is 7.54. The summed E-state index contributed by atoms with van der Waals surface area (Å²) in [6.45, 7) is 15.6. The van der Waals surface area contributed by atoms with E-state index in [0.717, 1.165) is 16.2 Å². The molecule has 0 fully saturated rings. The van der Waals surface area contributed by atoms with Crippen molar-refractivity contribution in [1.82, 2.24) is 5.43 Å². The van der Waals surface area contributed by atoms with Crippen molar-refractivity contribution in [3.63, 3.8) is 0 Å². The lowest BCUT2D eigenvalue weighted by Gasteiger charge is -2.38. The summed E-state index contributed by atoms with van der Waals surface area (Å²) < 4.78 is 0. The topological polar surface area (TPSA) is 24.4 Å². The van der Waals surface area contributed by atoms with Gasteiger partial charge in [-0.25, -0.2) is 0 Å². The van der Waals surface area contributed by atoms with Crippen LogP contribution in [0.2, 0.25) is 0 Å². The van der Waals surface area contributed by atoms with Gasteiger partial charge in [-0.05, 0) is 22.5 Å². The second-order valence-corrected chi connectivity index (χ2v) is 7.24. The molecule has 0 aromatic heterocycles. The van der Waals surface area contributed by atoms with Crippen LogP contribution in [0.1, 0.15) is 34.6 Å². The molecule has 0 radical (unpaired) electrons. The number of hydrogen-bond donors (Lipinski definition) is 1. The zero-order chi connectivity index (χ0) is 13.8. The van der Waals surface area contributed by atoms with Crippen molar-refractivity contribution in [2.45, 2.75) is 34.6 Å². The van der Waals surface area contributed by atoms with Crippen molar-refractivity contribution in [2.24, 2.45) is 15.9 Å². The quantitative estimate of drug-likeness (QED) is 0.820. The fourth-order valence-electron chi connectivity index (χ4n) is 1.13. The Balaban J connectivity index is 2.71. The molecule has 0 aromatic rings. The minimum atomic E-state index is 0.258. The third kappa shape index (κ3) is 4.05. The third-order valence-corrected chi connectivity index (χ3v) is 5.22. The summed E-state index contributed by atoms with van der Waals surface area (Å²) in [6, 6.07) is 0. The Kier molecular flexibility index (Phi) is 4.85. The van der Waals surface area contributed by atoms with E-state index in [9.17, 15) is 0 Å². The molecule has 1 N–H and O–H groups in total. The van der Waals surface area contributed by atoms with Crippen LogP contribution in [0, 0.1) is 10.8 Å². The maximum atomic E-state index is 4.08. The smallest absolute Gasteiger partial charge is 0.0472 e. The molecule has 3 heteroatoms. The van der Waals surface area contributed by atoms with Gasteiger partial charge in [-0.2, -0.15) is 5.10 Å². The lowest BCUT2D eigenvalue weighted by molar-refractivity contribution is 0.163. The van der Waals surface area contributed by atoms with Gasteiger partial charge in [0.05, 0.1) is 0 Å². The van der Waals surface area contributed by atoms with E-state index in [0.29, 0.717) is 0 Å². The zero-order valence-electron chi connectivity index (χ0n) is 12.1. The van der Waals surface area contributed by atoms with Crippen molar-refractivity contribution in [2.75, 3.05) is 5.75 Å². The van der Waals surface area contributed by atoms with E-state index in [1.165, 1.54) is 0 Å². The first-order valence-electron chi connectivity index (χ1n) is 6.21. The highest BCUT2D eigenvalue weighted by molar-refractivity contribution is 8.03. The summed E-state index contributed by atoms with van der Waals surface area (Å²) in [5, 5.41) is 4.02. The molecule has 1 heterocycles. The first kappa shape index (κ1) is 15.1. The van der Waals surface area contributed by atoms with Crippen LogP contribution in [0.3, 0.4) is 0 Å². The molecule has 100 valence electrons. The van der Waals surface area contributed by atoms with Gasteiger partial charge in [0.2, 0.25) is 0 Å². The summed E-state index contributed by atoms with van der Waals surface area (Å²) in [5.74, 6) is 1.06. The van der Waals surface area contributed by atoms with Crippen LogP contribution >= 0.6 is 11.8 Å². The van der Waals surface area contributed by atoms with Crippen LogP contribution in [0.4, 0.5) is 0 Å². The van der Waals surface area contributed by atoms with Crippen molar-refractivity contribution in [1.29, 1.82) is 0 Å². The molecule has 0 spiro atoms. The lowest BCUT2D eigenvalue weighted by atomic mass is 9.71. The van der Waals surface area contributed by atoms with E-state index in [-0.39, 0.29) is 10.8 Å². The number of hydrogen-bond acceptors (Lipinski definition) is 3. The van der Waals surface area contributed by atoms with E-state index in [1.807, 2.05) is 30.1 Å². The number of thioether (sulfide) groups is 1. The number of rotatable bonds is 3. The molecule has 0 saturated heterocycles. The molecule has 1 rings (SSSR count). The molecule has 0 aliphatic carbocycles. The Morgan fingerprint density at radius 2 is 1.94 bits per heavy atom. The zero-order valence-corrected chi connectivity index (χ0v) is 12.9. The van der Waals surface area contributed by atoms with Gasteiger partial charge in [0, 0.05) is 23.1 Å². The van der Waals surface area contributed by atoms with E-state index in [2.05, 4.69) is 51.7 Å². The standard InChI is InChI=1S/C15H24N2S/c1-12-8-7-9-16-17-10-13(12)18-11-15(5,6)14(2,3)4/h7-10,17H,1,11H2,2-6H3/b8-7-,13-10?,16-9-. The Labute approximate surface area is 115 Å². The first-order chi connectivity index (χ1) is 8.24. The maximum Gasteiger partial charge on any atom is 0.0472 e. The molecule has 1 aliphatic rings. The minimum Gasteiger partial charge on any atom is -0.285 e. The molecule has 1 aliphatic heterocycles. The van der Waals surface area contributed by atoms with Gasteiger partial charge in [-0.3, -0.25) is 5.43 Å². The second-order valence-electron chi connectivity index (χ2n) is 6.22. The monoisotopic (exact) mass is 264 g/mol. The molecule has 0 bridgehead atoms. The molecule has 0 unspecified atom stereocenters. The SMILES string of the molecule is C=C1/C=C\C=N/NC=C1SCC(C)(C)C(C)(C)C. The molecule has 18 heavy (non-hydrogen) atoms. The van der Waals surface area contributed by atoms with E-state index in [1.54, 1.807) is 6.21 Å². The Hall–Kier alpha value is -0.960. The van der Waals surface area contributed by atoms with Gasteiger partial charge in [0.15, 0.2) is 0 Å². The molecule has 0 aromatic carbocycles. The average molecular weight is 264 g/mol. The molecular formula is C15H24N2S. The van der Waals surface area contributed by atoms with Gasteiger partial charge < -0.3 is 0 Å². The average Bonchev–Trinajstić information content (AvgIpc) is 2.21. The van der Waals surface area contributed by atoms with Crippen LogP contribution in [-0.2, 0) is 0 Å². The van der Waals surface area contributed by atoms with Crippen LogP contribution < -0.4 is 5.43 Å².